The summed E-state index contributed by atoms with van der Waals surface area (Å²) >= 11 is 3.26. The number of nitrogens with one attached hydrogen (secondary N) is 1. The van der Waals surface area contributed by atoms with Crippen LogP contribution in [0.15, 0.2) is 33.0 Å². The zero-order valence-corrected chi connectivity index (χ0v) is 12.6. The Balaban J connectivity index is 2.70. The lowest BCUT2D eigenvalue weighted by Crippen LogP contribution is -2.08. The molecule has 0 unspecified atom stereocenters. The zero-order chi connectivity index (χ0) is 15.0. The summed E-state index contributed by atoms with van der Waals surface area (Å²) in [6.07, 6.45) is 0. The van der Waals surface area contributed by atoms with Gasteiger partial charge in [0.05, 0.1) is 25.0 Å². The molecule has 7 nitrogen and oxygen atoms in total. The van der Waals surface area contributed by atoms with E-state index >= 15 is 0 Å². The van der Waals surface area contributed by atoms with Crippen LogP contribution < -0.4 is 5.43 Å². The third-order valence-corrected chi connectivity index (χ3v) is 2.63. The van der Waals surface area contributed by atoms with Gasteiger partial charge in [-0.3, -0.25) is 5.43 Å². The van der Waals surface area contributed by atoms with Crippen LogP contribution in [0.3, 0.4) is 0 Å². The van der Waals surface area contributed by atoms with Gasteiger partial charge in [0.1, 0.15) is 0 Å². The van der Waals surface area contributed by atoms with Gasteiger partial charge in [-0.05, 0) is 25.1 Å². The molecule has 0 saturated carbocycles. The minimum Gasteiger partial charge on any atom is -0.465 e. The van der Waals surface area contributed by atoms with Gasteiger partial charge in [0.15, 0.2) is 6.54 Å². The highest BCUT2D eigenvalue weighted by atomic mass is 79.9. The Kier molecular flexibility index (Phi) is 6.65. The molecule has 0 amide bonds. The van der Waals surface area contributed by atoms with Gasteiger partial charge in [-0.1, -0.05) is 21.2 Å². The molecule has 0 atom stereocenters. The quantitative estimate of drug-likeness (QED) is 0.487. The summed E-state index contributed by atoms with van der Waals surface area (Å²) in [6.45, 7) is 1.81. The summed E-state index contributed by atoms with van der Waals surface area (Å²) in [5.74, 6) is -0.976. The van der Waals surface area contributed by atoms with E-state index < -0.39 is 11.9 Å². The Hall–Kier alpha value is -1.96. The molecule has 1 rings (SSSR count). The number of anilines is 1. The molecule has 0 heterocycles. The minimum absolute atomic E-state index is 0.190. The van der Waals surface area contributed by atoms with Gasteiger partial charge in [-0.2, -0.15) is 5.11 Å². The van der Waals surface area contributed by atoms with E-state index in [0.29, 0.717) is 17.9 Å². The maximum atomic E-state index is 11.6. The number of hydrogen-bond acceptors (Lipinski definition) is 6. The molecule has 0 bridgehead atoms. The van der Waals surface area contributed by atoms with Crippen molar-refractivity contribution in [3.05, 3.63) is 28.2 Å². The Morgan fingerprint density at radius 1 is 1.40 bits per heavy atom. The van der Waals surface area contributed by atoms with Crippen LogP contribution in [0.1, 0.15) is 17.3 Å². The molecule has 0 aliphatic heterocycles. The monoisotopic (exact) mass is 343 g/mol. The van der Waals surface area contributed by atoms with Gasteiger partial charge in [0.2, 0.25) is 0 Å². The number of carbonyl (C=O) groups excluding carboxylic acids is 2. The fourth-order valence-corrected chi connectivity index (χ4v) is 1.64. The highest BCUT2D eigenvalue weighted by Crippen LogP contribution is 2.21. The maximum Gasteiger partial charge on any atom is 0.340 e. The largest absolute Gasteiger partial charge is 0.465 e. The molecule has 0 aliphatic carbocycles. The van der Waals surface area contributed by atoms with Crippen LogP contribution in [-0.2, 0) is 14.3 Å². The Morgan fingerprint density at radius 3 is 2.80 bits per heavy atom. The van der Waals surface area contributed by atoms with Gasteiger partial charge in [-0.15, -0.1) is 0 Å². The number of benzene rings is 1. The maximum absolute atomic E-state index is 11.6. The van der Waals surface area contributed by atoms with Crippen molar-refractivity contribution in [1.29, 1.82) is 0 Å². The molecule has 8 heteroatoms. The van der Waals surface area contributed by atoms with Gasteiger partial charge in [0.25, 0.3) is 0 Å². The van der Waals surface area contributed by atoms with Gasteiger partial charge < -0.3 is 9.47 Å². The lowest BCUT2D eigenvalue weighted by Gasteiger charge is -2.06. The molecule has 0 spiro atoms. The second kappa shape index (κ2) is 8.26. The van der Waals surface area contributed by atoms with Gasteiger partial charge in [-0.25, -0.2) is 9.59 Å². The van der Waals surface area contributed by atoms with E-state index in [-0.39, 0.29) is 6.54 Å². The molecular weight excluding hydrogens is 330 g/mol. The van der Waals surface area contributed by atoms with Crippen molar-refractivity contribution in [3.63, 3.8) is 0 Å². The highest BCUT2D eigenvalue weighted by Gasteiger charge is 2.12. The first-order valence-corrected chi connectivity index (χ1v) is 6.53. The molecule has 0 aromatic heterocycles. The fourth-order valence-electron chi connectivity index (χ4n) is 1.28. The first-order valence-electron chi connectivity index (χ1n) is 5.74. The minimum atomic E-state index is -0.505. The first-order chi connectivity index (χ1) is 9.58. The summed E-state index contributed by atoms with van der Waals surface area (Å²) in [6, 6.07) is 4.96. The van der Waals surface area contributed by atoms with E-state index in [1.807, 2.05) is 0 Å². The second-order valence-corrected chi connectivity index (χ2v) is 4.41. The molecule has 1 N–H and O–H groups in total. The van der Waals surface area contributed by atoms with Crippen LogP contribution in [0.25, 0.3) is 0 Å². The third kappa shape index (κ3) is 4.96. The topological polar surface area (TPSA) is 89.4 Å². The lowest BCUT2D eigenvalue weighted by atomic mass is 10.2. The number of carbonyl (C=O) groups is 2. The Morgan fingerprint density at radius 2 is 2.15 bits per heavy atom. The normalized spacial score (nSPS) is 10.3. The van der Waals surface area contributed by atoms with Crippen LogP contribution in [0.5, 0.6) is 0 Å². The Labute approximate surface area is 124 Å². The number of hydrogen-bond donors (Lipinski definition) is 1. The molecule has 1 aromatic rings. The first kappa shape index (κ1) is 16.1. The number of nitrogens with zero attached hydrogens (tertiary/aromatic N) is 2. The number of rotatable bonds is 6. The van der Waals surface area contributed by atoms with Crippen LogP contribution in [0.4, 0.5) is 5.69 Å². The average Bonchev–Trinajstić information content (AvgIpc) is 2.44. The molecule has 0 aliphatic rings. The fraction of sp³-hybridized carbons (Fsp3) is 0.333. The van der Waals surface area contributed by atoms with E-state index in [9.17, 15) is 9.59 Å². The summed E-state index contributed by atoms with van der Waals surface area (Å²) in [4.78, 5) is 22.6. The van der Waals surface area contributed by atoms with E-state index in [1.165, 1.54) is 7.11 Å². The third-order valence-electron chi connectivity index (χ3n) is 2.13. The zero-order valence-electron chi connectivity index (χ0n) is 11.1. The van der Waals surface area contributed by atoms with Crippen LogP contribution in [-0.4, -0.2) is 32.2 Å². The van der Waals surface area contributed by atoms with Crippen molar-refractivity contribution in [2.24, 2.45) is 10.3 Å². The van der Waals surface area contributed by atoms with Crippen molar-refractivity contribution >= 4 is 33.6 Å². The molecular formula is C12H14BrN3O4. The van der Waals surface area contributed by atoms with E-state index in [0.717, 1.165) is 4.47 Å². The van der Waals surface area contributed by atoms with Crippen molar-refractivity contribution in [2.45, 2.75) is 6.92 Å². The molecule has 1 aromatic carbocycles. The van der Waals surface area contributed by atoms with E-state index in [2.05, 4.69) is 41.2 Å². The summed E-state index contributed by atoms with van der Waals surface area (Å²) in [7, 11) is 1.29. The van der Waals surface area contributed by atoms with Crippen molar-refractivity contribution in [1.82, 2.24) is 0 Å². The smallest absolute Gasteiger partial charge is 0.340 e. The van der Waals surface area contributed by atoms with Crippen LogP contribution in [0, 0.1) is 0 Å². The molecule has 0 radical (unpaired) electrons. The predicted octanol–water partition coefficient (Wildman–Crippen LogP) is 2.58. The summed E-state index contributed by atoms with van der Waals surface area (Å²) < 4.78 is 10.1. The van der Waals surface area contributed by atoms with Crippen LogP contribution >= 0.6 is 15.9 Å². The average molecular weight is 344 g/mol. The number of methoxy groups -OCH3 is 1. The second-order valence-electron chi connectivity index (χ2n) is 3.50. The number of esters is 2. The SMILES string of the molecule is CCOC(=O)CN=NNc1ccc(Br)cc1C(=O)OC. The van der Waals surface area contributed by atoms with Crippen LogP contribution in [0.2, 0.25) is 0 Å². The predicted molar refractivity (Wildman–Crippen MR) is 75.5 cm³/mol. The molecule has 0 fully saturated rings. The standard InChI is InChI=1S/C12H14BrN3O4/c1-3-20-11(17)7-14-16-15-10-5-4-8(13)6-9(10)12(18)19-2/h4-6H,3,7H2,1-2H3,(H,14,15). The lowest BCUT2D eigenvalue weighted by molar-refractivity contribution is -0.141. The van der Waals surface area contributed by atoms with E-state index in [1.54, 1.807) is 25.1 Å². The molecule has 20 heavy (non-hydrogen) atoms. The number of ether oxygens (including phenoxy) is 2. The Bertz CT molecular complexity index is 519. The van der Waals surface area contributed by atoms with Crippen molar-refractivity contribution in [3.8, 4) is 0 Å². The van der Waals surface area contributed by atoms with E-state index in [4.69, 9.17) is 0 Å². The van der Waals surface area contributed by atoms with Gasteiger partial charge in [0, 0.05) is 4.47 Å². The summed E-state index contributed by atoms with van der Waals surface area (Å²) in [5, 5.41) is 7.23. The van der Waals surface area contributed by atoms with Gasteiger partial charge >= 0.3 is 11.9 Å². The van der Waals surface area contributed by atoms with Crippen molar-refractivity contribution in [2.75, 3.05) is 25.7 Å². The molecule has 108 valence electrons. The summed E-state index contributed by atoms with van der Waals surface area (Å²) in [5.41, 5.74) is 3.31. The van der Waals surface area contributed by atoms with Crippen molar-refractivity contribution < 1.29 is 19.1 Å². The number of halogens is 1. The highest BCUT2D eigenvalue weighted by molar-refractivity contribution is 9.10. The molecule has 0 saturated heterocycles.